The zero-order valence-electron chi connectivity index (χ0n) is 8.81. The summed E-state index contributed by atoms with van der Waals surface area (Å²) in [6.07, 6.45) is 7.67. The molecule has 83 valence electrons. The van der Waals surface area contributed by atoms with Crippen molar-refractivity contribution in [1.82, 2.24) is 0 Å². The third-order valence-corrected chi connectivity index (χ3v) is 3.13. The molecular formula is C14H8BrO2. The molecule has 1 aliphatic carbocycles. The lowest BCUT2D eigenvalue weighted by Gasteiger charge is -2.07. The fourth-order valence-electron chi connectivity index (χ4n) is 1.81. The lowest BCUT2D eigenvalue weighted by atomic mass is 10.0. The van der Waals surface area contributed by atoms with Crippen molar-refractivity contribution in [3.63, 3.8) is 0 Å². The summed E-state index contributed by atoms with van der Waals surface area (Å²) in [6, 6.07) is 6.97. The number of halogens is 1. The molecule has 1 aliphatic rings. The zero-order chi connectivity index (χ0) is 11.8. The van der Waals surface area contributed by atoms with Crippen LogP contribution in [0.3, 0.4) is 0 Å². The van der Waals surface area contributed by atoms with Crippen molar-refractivity contribution in [1.29, 1.82) is 0 Å². The number of rotatable bonds is 1. The van der Waals surface area contributed by atoms with Crippen LogP contribution in [0.1, 0.15) is 5.76 Å². The Balaban J connectivity index is 2.17. The molecular weight excluding hydrogens is 280 g/mol. The van der Waals surface area contributed by atoms with Gasteiger partial charge in [0.2, 0.25) is 0 Å². The van der Waals surface area contributed by atoms with E-state index in [2.05, 4.69) is 15.9 Å². The monoisotopic (exact) mass is 287 g/mol. The Labute approximate surface area is 108 Å². The van der Waals surface area contributed by atoms with E-state index in [0.717, 1.165) is 10.4 Å². The van der Waals surface area contributed by atoms with E-state index < -0.39 is 0 Å². The molecule has 0 N–H and O–H groups in total. The van der Waals surface area contributed by atoms with Crippen molar-refractivity contribution < 1.29 is 4.42 Å². The Bertz CT molecular complexity index is 609. The minimum Gasteiger partial charge on any atom is -0.460 e. The van der Waals surface area contributed by atoms with Crippen molar-refractivity contribution in [2.75, 3.05) is 0 Å². The first-order valence-electron chi connectivity index (χ1n) is 5.19. The van der Waals surface area contributed by atoms with Crippen molar-refractivity contribution >= 4 is 26.9 Å². The van der Waals surface area contributed by atoms with Crippen molar-refractivity contribution in [2.45, 2.75) is 0 Å². The first kappa shape index (κ1) is 11.0. The minimum absolute atomic E-state index is 0.0243. The minimum atomic E-state index is -0.0243. The van der Waals surface area contributed by atoms with Crippen LogP contribution in [0, 0.1) is 31.6 Å². The SMILES string of the molecule is O=c1cc([C]2[CH][CH][CH][CH]2)oc2ccc(Br)cc12. The highest BCUT2D eigenvalue weighted by Crippen LogP contribution is 2.31. The van der Waals surface area contributed by atoms with Gasteiger partial charge in [0.1, 0.15) is 11.3 Å². The molecule has 0 spiro atoms. The number of benzene rings is 1. The summed E-state index contributed by atoms with van der Waals surface area (Å²) >= 11 is 3.34. The predicted molar refractivity (Wildman–Crippen MR) is 69.7 cm³/mol. The summed E-state index contributed by atoms with van der Waals surface area (Å²) in [6.45, 7) is 0. The van der Waals surface area contributed by atoms with E-state index in [1.807, 2.05) is 31.7 Å². The molecule has 1 saturated carbocycles. The Morgan fingerprint density at radius 3 is 2.59 bits per heavy atom. The molecule has 5 radical (unpaired) electrons. The van der Waals surface area contributed by atoms with Gasteiger partial charge in [0.15, 0.2) is 5.43 Å². The zero-order valence-corrected chi connectivity index (χ0v) is 10.4. The van der Waals surface area contributed by atoms with Crippen LogP contribution in [0.2, 0.25) is 0 Å². The molecule has 2 aromatic rings. The maximum atomic E-state index is 12.0. The molecule has 3 heteroatoms. The molecule has 1 heterocycles. The van der Waals surface area contributed by atoms with Crippen molar-refractivity contribution in [3.8, 4) is 0 Å². The molecule has 0 aliphatic heterocycles. The van der Waals surface area contributed by atoms with Crippen LogP contribution in [-0.2, 0) is 0 Å². The highest BCUT2D eigenvalue weighted by Gasteiger charge is 2.22. The second-order valence-electron chi connectivity index (χ2n) is 3.79. The largest absolute Gasteiger partial charge is 0.460 e. The van der Waals surface area contributed by atoms with E-state index >= 15 is 0 Å². The van der Waals surface area contributed by atoms with Crippen LogP contribution in [0.25, 0.3) is 11.0 Å². The van der Waals surface area contributed by atoms with Gasteiger partial charge in [-0.05, 0) is 43.9 Å². The second-order valence-corrected chi connectivity index (χ2v) is 4.70. The number of hydrogen-bond acceptors (Lipinski definition) is 2. The van der Waals surface area contributed by atoms with Crippen LogP contribution in [0.4, 0.5) is 0 Å². The molecule has 3 rings (SSSR count). The van der Waals surface area contributed by atoms with Crippen LogP contribution >= 0.6 is 15.9 Å². The highest BCUT2D eigenvalue weighted by atomic mass is 79.9. The van der Waals surface area contributed by atoms with Crippen LogP contribution in [-0.4, -0.2) is 0 Å². The lowest BCUT2D eigenvalue weighted by molar-refractivity contribution is 0.563. The van der Waals surface area contributed by atoms with E-state index in [1.165, 1.54) is 6.07 Å². The number of fused-ring (bicyclic) bond motifs is 1. The maximum absolute atomic E-state index is 12.0. The van der Waals surface area contributed by atoms with E-state index in [0.29, 0.717) is 16.7 Å². The third-order valence-electron chi connectivity index (χ3n) is 2.64. The van der Waals surface area contributed by atoms with E-state index in [-0.39, 0.29) is 5.43 Å². The summed E-state index contributed by atoms with van der Waals surface area (Å²) < 4.78 is 6.59. The van der Waals surface area contributed by atoms with Gasteiger partial charge in [-0.1, -0.05) is 15.9 Å². The molecule has 0 amide bonds. The van der Waals surface area contributed by atoms with Gasteiger partial charge in [-0.15, -0.1) is 0 Å². The van der Waals surface area contributed by atoms with Gasteiger partial charge in [0, 0.05) is 16.5 Å². The summed E-state index contributed by atoms with van der Waals surface area (Å²) in [4.78, 5) is 12.0. The van der Waals surface area contributed by atoms with Gasteiger partial charge < -0.3 is 4.42 Å². The average Bonchev–Trinajstić information content (AvgIpc) is 2.83. The summed E-state index contributed by atoms with van der Waals surface area (Å²) in [5.74, 6) is 1.53. The summed E-state index contributed by atoms with van der Waals surface area (Å²) in [5.41, 5.74) is 0.584. The molecule has 17 heavy (non-hydrogen) atoms. The number of hydrogen-bond donors (Lipinski definition) is 0. The lowest BCUT2D eigenvalue weighted by Crippen LogP contribution is -2.05. The highest BCUT2D eigenvalue weighted by molar-refractivity contribution is 9.10. The molecule has 0 bridgehead atoms. The van der Waals surface area contributed by atoms with Gasteiger partial charge in [0.05, 0.1) is 5.39 Å². The molecule has 1 fully saturated rings. The standard InChI is InChI=1S/C14H8BrO2/c15-10-5-6-13-11(7-10)12(16)8-14(17-13)9-3-1-2-4-9/h1-8H. The van der Waals surface area contributed by atoms with Gasteiger partial charge in [0.25, 0.3) is 0 Å². The maximum Gasteiger partial charge on any atom is 0.193 e. The van der Waals surface area contributed by atoms with E-state index in [9.17, 15) is 4.79 Å². The van der Waals surface area contributed by atoms with E-state index in [4.69, 9.17) is 4.42 Å². The van der Waals surface area contributed by atoms with Crippen molar-refractivity contribution in [3.05, 3.63) is 76.3 Å². The Hall–Kier alpha value is -1.09. The van der Waals surface area contributed by atoms with Crippen molar-refractivity contribution in [2.24, 2.45) is 0 Å². The van der Waals surface area contributed by atoms with E-state index in [1.54, 1.807) is 12.1 Å². The quantitative estimate of drug-likeness (QED) is 0.806. The molecule has 1 aromatic carbocycles. The first-order valence-corrected chi connectivity index (χ1v) is 5.99. The third kappa shape index (κ3) is 2.04. The van der Waals surface area contributed by atoms with Gasteiger partial charge in [-0.25, -0.2) is 0 Å². The fourth-order valence-corrected chi connectivity index (χ4v) is 2.17. The Morgan fingerprint density at radius 1 is 1.06 bits per heavy atom. The first-order chi connectivity index (χ1) is 8.24. The van der Waals surface area contributed by atoms with Gasteiger partial charge in [-0.2, -0.15) is 0 Å². The molecule has 0 unspecified atom stereocenters. The van der Waals surface area contributed by atoms with Crippen LogP contribution < -0.4 is 5.43 Å². The van der Waals surface area contributed by atoms with Crippen LogP contribution in [0.15, 0.2) is 37.9 Å². The molecule has 0 saturated heterocycles. The summed E-state index contributed by atoms with van der Waals surface area (Å²) in [7, 11) is 0. The smallest absolute Gasteiger partial charge is 0.193 e. The average molecular weight is 288 g/mol. The molecule has 0 atom stereocenters. The fraction of sp³-hybridized carbons (Fsp3) is 0. The second kappa shape index (κ2) is 4.30. The van der Waals surface area contributed by atoms with Crippen LogP contribution in [0.5, 0.6) is 0 Å². The topological polar surface area (TPSA) is 30.2 Å². The Morgan fingerprint density at radius 2 is 1.82 bits per heavy atom. The molecule has 2 nitrogen and oxygen atoms in total. The summed E-state index contributed by atoms with van der Waals surface area (Å²) in [5, 5.41) is 0.592. The normalized spacial score (nSPS) is 16.8. The van der Waals surface area contributed by atoms with Gasteiger partial charge in [-0.3, -0.25) is 4.79 Å². The predicted octanol–water partition coefficient (Wildman–Crippen LogP) is 3.31. The molecule has 1 aromatic heterocycles. The Kier molecular flexibility index (Phi) is 2.79. The van der Waals surface area contributed by atoms with Gasteiger partial charge >= 0.3 is 0 Å².